The molecule has 1 aromatic heterocycles. The third kappa shape index (κ3) is 1.66. The molecule has 1 aliphatic rings. The fraction of sp³-hybridized carbons (Fsp3) is 0.417. The molecule has 0 bridgehead atoms. The number of fused-ring (bicyclic) bond motifs is 1. The van der Waals surface area contributed by atoms with Crippen LogP contribution in [0.5, 0.6) is 0 Å². The first kappa shape index (κ1) is 10.3. The van der Waals surface area contributed by atoms with Crippen molar-refractivity contribution in [2.45, 2.75) is 18.9 Å². The number of halogens is 1. The Morgan fingerprint density at radius 2 is 2.12 bits per heavy atom. The molecule has 0 saturated carbocycles. The number of hydrogen-bond acceptors (Lipinski definition) is 2. The number of nitrogens with one attached hydrogen (secondary N) is 1. The molecule has 3 nitrogen and oxygen atoms in total. The van der Waals surface area contributed by atoms with Crippen molar-refractivity contribution < 1.29 is 0 Å². The molecule has 2 aromatic rings. The fourth-order valence-electron chi connectivity index (χ4n) is 2.38. The maximum atomic E-state index is 4.54. The van der Waals surface area contributed by atoms with Gasteiger partial charge in [-0.15, -0.1) is 0 Å². The van der Waals surface area contributed by atoms with Gasteiger partial charge >= 0.3 is 0 Å². The van der Waals surface area contributed by atoms with Crippen LogP contribution in [-0.2, 0) is 0 Å². The zero-order valence-electron chi connectivity index (χ0n) is 8.99. The van der Waals surface area contributed by atoms with Gasteiger partial charge in [0.1, 0.15) is 0 Å². The van der Waals surface area contributed by atoms with E-state index in [-0.39, 0.29) is 0 Å². The van der Waals surface area contributed by atoms with E-state index in [1.54, 1.807) is 0 Å². The second-order valence-corrected chi connectivity index (χ2v) is 5.10. The van der Waals surface area contributed by atoms with Gasteiger partial charge in [-0.1, -0.05) is 22.0 Å². The average molecular weight is 280 g/mol. The highest BCUT2D eigenvalue weighted by Gasteiger charge is 2.17. The molecule has 84 valence electrons. The van der Waals surface area contributed by atoms with Crippen molar-refractivity contribution in [3.8, 4) is 0 Å². The normalized spacial score (nSPS) is 18.1. The smallest absolute Gasteiger partial charge is 0.0697 e. The zero-order valence-corrected chi connectivity index (χ0v) is 10.6. The van der Waals surface area contributed by atoms with Crippen LogP contribution in [0.1, 0.15) is 18.9 Å². The maximum absolute atomic E-state index is 4.54. The Morgan fingerprint density at radius 1 is 1.31 bits per heavy atom. The lowest BCUT2D eigenvalue weighted by atomic mass is 10.1. The molecular weight excluding hydrogens is 266 g/mol. The Kier molecular flexibility index (Phi) is 2.69. The van der Waals surface area contributed by atoms with Gasteiger partial charge in [-0.25, -0.2) is 0 Å². The van der Waals surface area contributed by atoms with E-state index in [1.165, 1.54) is 23.7 Å². The third-order valence-corrected chi connectivity index (χ3v) is 3.93. The average Bonchev–Trinajstić information content (AvgIpc) is 2.75. The summed E-state index contributed by atoms with van der Waals surface area (Å²) in [6, 6.07) is 6.84. The van der Waals surface area contributed by atoms with Gasteiger partial charge < -0.3 is 5.32 Å². The molecule has 0 amide bonds. The molecule has 0 unspecified atom stereocenters. The second-order valence-electron chi connectivity index (χ2n) is 4.24. The van der Waals surface area contributed by atoms with Crippen LogP contribution in [0.2, 0.25) is 0 Å². The number of nitrogens with zero attached hydrogens (tertiary/aromatic N) is 2. The van der Waals surface area contributed by atoms with Gasteiger partial charge in [0.05, 0.1) is 17.8 Å². The van der Waals surface area contributed by atoms with Crippen LogP contribution in [0.25, 0.3) is 10.9 Å². The van der Waals surface area contributed by atoms with E-state index in [2.05, 4.69) is 49.2 Å². The summed E-state index contributed by atoms with van der Waals surface area (Å²) in [5.41, 5.74) is 1.24. The predicted molar refractivity (Wildman–Crippen MR) is 68.6 cm³/mol. The highest BCUT2D eigenvalue weighted by Crippen LogP contribution is 2.28. The molecule has 0 atom stereocenters. The number of benzene rings is 1. The molecule has 1 aliphatic heterocycles. The highest BCUT2D eigenvalue weighted by atomic mass is 79.9. The Bertz CT molecular complexity index is 500. The standard InChI is InChI=1S/C12H14BrN3/c13-11-2-1-3-12-10(11)8-15-16(12)9-4-6-14-7-5-9/h1-3,8-9,14H,4-7H2. The Hall–Kier alpha value is -0.870. The van der Waals surface area contributed by atoms with E-state index in [1.807, 2.05) is 6.20 Å². The molecule has 1 aromatic carbocycles. The summed E-state index contributed by atoms with van der Waals surface area (Å²) in [5, 5.41) is 9.13. The van der Waals surface area contributed by atoms with Crippen LogP contribution in [0, 0.1) is 0 Å². The molecule has 1 fully saturated rings. The maximum Gasteiger partial charge on any atom is 0.0697 e. The van der Waals surface area contributed by atoms with Gasteiger partial charge in [-0.05, 0) is 38.1 Å². The molecule has 2 heterocycles. The summed E-state index contributed by atoms with van der Waals surface area (Å²) in [4.78, 5) is 0. The summed E-state index contributed by atoms with van der Waals surface area (Å²) >= 11 is 3.57. The highest BCUT2D eigenvalue weighted by molar-refractivity contribution is 9.10. The Labute approximate surface area is 103 Å². The Balaban J connectivity index is 2.06. The van der Waals surface area contributed by atoms with Crippen molar-refractivity contribution in [2.75, 3.05) is 13.1 Å². The van der Waals surface area contributed by atoms with Gasteiger partial charge in [0.2, 0.25) is 0 Å². The second kappa shape index (κ2) is 4.18. The number of rotatable bonds is 1. The number of piperidine rings is 1. The summed E-state index contributed by atoms with van der Waals surface area (Å²) in [5.74, 6) is 0. The molecule has 3 rings (SSSR count). The third-order valence-electron chi connectivity index (χ3n) is 3.24. The first-order chi connectivity index (χ1) is 7.86. The van der Waals surface area contributed by atoms with Crippen molar-refractivity contribution >= 4 is 26.8 Å². The first-order valence-electron chi connectivity index (χ1n) is 5.69. The monoisotopic (exact) mass is 279 g/mol. The van der Waals surface area contributed by atoms with Gasteiger partial charge in [0.25, 0.3) is 0 Å². The minimum atomic E-state index is 0.549. The van der Waals surface area contributed by atoms with Crippen LogP contribution >= 0.6 is 15.9 Å². The zero-order chi connectivity index (χ0) is 11.0. The van der Waals surface area contributed by atoms with Crippen molar-refractivity contribution in [1.29, 1.82) is 0 Å². The van der Waals surface area contributed by atoms with E-state index in [0.29, 0.717) is 6.04 Å². The quantitative estimate of drug-likeness (QED) is 0.870. The van der Waals surface area contributed by atoms with E-state index in [4.69, 9.17) is 0 Å². The molecule has 4 heteroatoms. The minimum absolute atomic E-state index is 0.549. The summed E-state index contributed by atoms with van der Waals surface area (Å²) in [6.07, 6.45) is 4.30. The topological polar surface area (TPSA) is 29.9 Å². The summed E-state index contributed by atoms with van der Waals surface area (Å²) in [6.45, 7) is 2.19. The molecule has 0 radical (unpaired) electrons. The molecule has 1 N–H and O–H groups in total. The van der Waals surface area contributed by atoms with Gasteiger partial charge in [0.15, 0.2) is 0 Å². The van der Waals surface area contributed by atoms with E-state index < -0.39 is 0 Å². The molecular formula is C12H14BrN3. The first-order valence-corrected chi connectivity index (χ1v) is 6.48. The lowest BCUT2D eigenvalue weighted by Crippen LogP contribution is -2.29. The van der Waals surface area contributed by atoms with E-state index in [0.717, 1.165) is 17.6 Å². The Morgan fingerprint density at radius 3 is 2.94 bits per heavy atom. The lowest BCUT2D eigenvalue weighted by Gasteiger charge is -2.23. The van der Waals surface area contributed by atoms with Crippen molar-refractivity contribution in [1.82, 2.24) is 15.1 Å². The SMILES string of the molecule is Brc1cccc2c1cnn2C1CCNCC1. The van der Waals surface area contributed by atoms with Gasteiger partial charge in [0, 0.05) is 9.86 Å². The van der Waals surface area contributed by atoms with Gasteiger partial charge in [-0.3, -0.25) is 4.68 Å². The lowest BCUT2D eigenvalue weighted by molar-refractivity contribution is 0.351. The summed E-state index contributed by atoms with van der Waals surface area (Å²) < 4.78 is 3.31. The largest absolute Gasteiger partial charge is 0.317 e. The molecule has 0 aliphatic carbocycles. The molecule has 0 spiro atoms. The van der Waals surface area contributed by atoms with Crippen molar-refractivity contribution in [3.63, 3.8) is 0 Å². The molecule has 1 saturated heterocycles. The van der Waals surface area contributed by atoms with Crippen LogP contribution < -0.4 is 5.32 Å². The van der Waals surface area contributed by atoms with Crippen LogP contribution in [-0.4, -0.2) is 22.9 Å². The fourth-order valence-corrected chi connectivity index (χ4v) is 2.84. The van der Waals surface area contributed by atoms with Crippen LogP contribution in [0.15, 0.2) is 28.9 Å². The number of hydrogen-bond donors (Lipinski definition) is 1. The van der Waals surface area contributed by atoms with Crippen molar-refractivity contribution in [3.05, 3.63) is 28.9 Å². The van der Waals surface area contributed by atoms with Crippen molar-refractivity contribution in [2.24, 2.45) is 0 Å². The van der Waals surface area contributed by atoms with Crippen LogP contribution in [0.3, 0.4) is 0 Å². The van der Waals surface area contributed by atoms with E-state index in [9.17, 15) is 0 Å². The minimum Gasteiger partial charge on any atom is -0.317 e. The number of aromatic nitrogens is 2. The summed E-state index contributed by atoms with van der Waals surface area (Å²) in [7, 11) is 0. The molecule has 16 heavy (non-hydrogen) atoms. The van der Waals surface area contributed by atoms with E-state index >= 15 is 0 Å². The van der Waals surface area contributed by atoms with Gasteiger partial charge in [-0.2, -0.15) is 5.10 Å². The van der Waals surface area contributed by atoms with Crippen LogP contribution in [0.4, 0.5) is 0 Å². The predicted octanol–water partition coefficient (Wildman–Crippen LogP) is 2.72.